The van der Waals surface area contributed by atoms with Gasteiger partial charge in [-0.1, -0.05) is 17.7 Å². The van der Waals surface area contributed by atoms with Gasteiger partial charge in [0.1, 0.15) is 11.4 Å². The number of anilines is 2. The van der Waals surface area contributed by atoms with Gasteiger partial charge >= 0.3 is 0 Å². The van der Waals surface area contributed by atoms with Crippen molar-refractivity contribution in [3.05, 3.63) is 78.0 Å². The average molecular weight is 508 g/mol. The third kappa shape index (κ3) is 4.66. The molecule has 0 fully saturated rings. The predicted molar refractivity (Wildman–Crippen MR) is 135 cm³/mol. The van der Waals surface area contributed by atoms with Gasteiger partial charge in [0, 0.05) is 24.0 Å². The standard InChI is InChI=1S/C23H19Cl2N9O/c24-7-3-9-27-21-17(14-31-33(21)20-6-1-5-19-16(20)4-2-8-26-19)23(35)32-15-12-18(25)22(28-13-15)34-29-10-11-30-34/h1-2,4-6,8,10-14,27H,3,7,9H2,(H,32,35). The Morgan fingerprint density at radius 2 is 1.86 bits per heavy atom. The van der Waals surface area contributed by atoms with Gasteiger partial charge in [0.15, 0.2) is 5.82 Å². The molecule has 0 bridgehead atoms. The molecule has 0 atom stereocenters. The number of nitrogens with zero attached hydrogens (tertiary/aromatic N) is 7. The fourth-order valence-corrected chi connectivity index (χ4v) is 3.96. The van der Waals surface area contributed by atoms with E-state index in [4.69, 9.17) is 23.2 Å². The molecule has 176 valence electrons. The van der Waals surface area contributed by atoms with Crippen molar-refractivity contribution in [2.75, 3.05) is 23.1 Å². The molecule has 0 aliphatic rings. The molecule has 5 aromatic rings. The monoisotopic (exact) mass is 507 g/mol. The van der Waals surface area contributed by atoms with Crippen LogP contribution in [-0.4, -0.2) is 53.1 Å². The van der Waals surface area contributed by atoms with E-state index in [1.807, 2.05) is 30.3 Å². The van der Waals surface area contributed by atoms with Crippen LogP contribution in [0.3, 0.4) is 0 Å². The van der Waals surface area contributed by atoms with Crippen LogP contribution in [0.1, 0.15) is 16.8 Å². The van der Waals surface area contributed by atoms with Crippen molar-refractivity contribution < 1.29 is 4.79 Å². The van der Waals surface area contributed by atoms with Gasteiger partial charge in [0.05, 0.1) is 46.7 Å². The van der Waals surface area contributed by atoms with Crippen molar-refractivity contribution in [3.63, 3.8) is 0 Å². The molecule has 0 saturated heterocycles. The second-order valence-electron chi connectivity index (χ2n) is 7.44. The first-order chi connectivity index (χ1) is 17.2. The SMILES string of the molecule is O=C(Nc1cnc(-n2nccn2)c(Cl)c1)c1cnn(-c2cccc3ncccc23)c1NCCCCl. The zero-order valence-corrected chi connectivity index (χ0v) is 19.8. The van der Waals surface area contributed by atoms with Crippen LogP contribution in [0.5, 0.6) is 0 Å². The first-order valence-corrected chi connectivity index (χ1v) is 11.6. The lowest BCUT2D eigenvalue weighted by molar-refractivity contribution is 0.102. The number of benzene rings is 1. The summed E-state index contributed by atoms with van der Waals surface area (Å²) in [7, 11) is 0. The Bertz CT molecular complexity index is 1480. The molecule has 0 saturated carbocycles. The van der Waals surface area contributed by atoms with E-state index in [-0.39, 0.29) is 5.91 Å². The highest BCUT2D eigenvalue weighted by atomic mass is 35.5. The number of hydrogen-bond acceptors (Lipinski definition) is 7. The molecule has 12 heteroatoms. The van der Waals surface area contributed by atoms with E-state index in [2.05, 4.69) is 35.9 Å². The highest BCUT2D eigenvalue weighted by molar-refractivity contribution is 6.32. The number of pyridine rings is 2. The lowest BCUT2D eigenvalue weighted by Crippen LogP contribution is -2.16. The van der Waals surface area contributed by atoms with Crippen LogP contribution in [0.4, 0.5) is 11.5 Å². The van der Waals surface area contributed by atoms with Crippen molar-refractivity contribution >= 4 is 51.5 Å². The van der Waals surface area contributed by atoms with E-state index in [1.54, 1.807) is 16.9 Å². The van der Waals surface area contributed by atoms with Gasteiger partial charge in [-0.25, -0.2) is 9.67 Å². The fourth-order valence-electron chi connectivity index (χ4n) is 3.58. The summed E-state index contributed by atoms with van der Waals surface area (Å²) < 4.78 is 1.70. The average Bonchev–Trinajstić information content (AvgIpc) is 3.55. The summed E-state index contributed by atoms with van der Waals surface area (Å²) >= 11 is 12.2. The van der Waals surface area contributed by atoms with E-state index < -0.39 is 0 Å². The van der Waals surface area contributed by atoms with Crippen LogP contribution < -0.4 is 10.6 Å². The minimum absolute atomic E-state index is 0.290. The Kier molecular flexibility index (Phi) is 6.55. The number of aromatic nitrogens is 7. The summed E-state index contributed by atoms with van der Waals surface area (Å²) in [5, 5.41) is 19.9. The van der Waals surface area contributed by atoms with Crippen molar-refractivity contribution in [2.24, 2.45) is 0 Å². The minimum Gasteiger partial charge on any atom is -0.369 e. The van der Waals surface area contributed by atoms with Gasteiger partial charge in [0.2, 0.25) is 0 Å². The Balaban J connectivity index is 1.48. The van der Waals surface area contributed by atoms with Crippen molar-refractivity contribution in [1.82, 2.24) is 34.7 Å². The molecule has 0 radical (unpaired) electrons. The van der Waals surface area contributed by atoms with Crippen LogP contribution >= 0.6 is 23.2 Å². The topological polar surface area (TPSA) is 115 Å². The lowest BCUT2D eigenvalue weighted by atomic mass is 10.2. The van der Waals surface area contributed by atoms with E-state index in [9.17, 15) is 4.79 Å². The van der Waals surface area contributed by atoms with E-state index in [0.717, 1.165) is 16.6 Å². The normalized spacial score (nSPS) is 11.0. The van der Waals surface area contributed by atoms with Gasteiger partial charge in [-0.15, -0.1) is 16.4 Å². The van der Waals surface area contributed by atoms with Crippen LogP contribution in [0.15, 0.2) is 67.4 Å². The van der Waals surface area contributed by atoms with E-state index in [1.165, 1.54) is 29.6 Å². The molecular formula is C23H19Cl2N9O. The summed E-state index contributed by atoms with van der Waals surface area (Å²) in [4.78, 5) is 23.2. The van der Waals surface area contributed by atoms with Crippen LogP contribution in [0, 0.1) is 0 Å². The maximum atomic E-state index is 13.3. The van der Waals surface area contributed by atoms with Crippen molar-refractivity contribution in [2.45, 2.75) is 6.42 Å². The second kappa shape index (κ2) is 10.1. The highest BCUT2D eigenvalue weighted by Crippen LogP contribution is 2.27. The molecule has 5 rings (SSSR count). The molecule has 0 unspecified atom stereocenters. The van der Waals surface area contributed by atoms with Gasteiger partial charge in [-0.3, -0.25) is 9.78 Å². The Morgan fingerprint density at radius 3 is 2.66 bits per heavy atom. The molecule has 35 heavy (non-hydrogen) atoms. The quantitative estimate of drug-likeness (QED) is 0.237. The predicted octanol–water partition coefficient (Wildman–Crippen LogP) is 4.34. The summed E-state index contributed by atoms with van der Waals surface area (Å²) in [5.41, 5.74) is 2.40. The van der Waals surface area contributed by atoms with Crippen LogP contribution in [0.25, 0.3) is 22.4 Å². The number of rotatable bonds is 8. The summed E-state index contributed by atoms with van der Waals surface area (Å²) in [5.74, 6) is 1.02. The maximum absolute atomic E-state index is 13.3. The molecule has 4 aromatic heterocycles. The van der Waals surface area contributed by atoms with Gasteiger partial charge in [-0.05, 0) is 36.8 Å². The smallest absolute Gasteiger partial charge is 0.261 e. The Morgan fingerprint density at radius 1 is 1.00 bits per heavy atom. The largest absolute Gasteiger partial charge is 0.369 e. The van der Waals surface area contributed by atoms with Crippen molar-refractivity contribution in [3.8, 4) is 11.5 Å². The molecule has 10 nitrogen and oxygen atoms in total. The first kappa shape index (κ1) is 22.8. The Labute approximate surface area is 209 Å². The zero-order chi connectivity index (χ0) is 24.2. The van der Waals surface area contributed by atoms with Gasteiger partial charge in [-0.2, -0.15) is 15.3 Å². The van der Waals surface area contributed by atoms with Crippen molar-refractivity contribution in [1.29, 1.82) is 0 Å². The number of hydrogen-bond donors (Lipinski definition) is 2. The summed E-state index contributed by atoms with van der Waals surface area (Å²) in [6.45, 7) is 0.567. The molecular weight excluding hydrogens is 489 g/mol. The number of amides is 1. The van der Waals surface area contributed by atoms with Gasteiger partial charge < -0.3 is 10.6 Å². The number of nitrogens with one attached hydrogen (secondary N) is 2. The maximum Gasteiger partial charge on any atom is 0.261 e. The Hall–Kier alpha value is -4.02. The number of alkyl halides is 1. The third-order valence-electron chi connectivity index (χ3n) is 5.16. The van der Waals surface area contributed by atoms with E-state index >= 15 is 0 Å². The second-order valence-corrected chi connectivity index (χ2v) is 8.22. The molecule has 0 aliphatic carbocycles. The van der Waals surface area contributed by atoms with Gasteiger partial charge in [0.25, 0.3) is 5.91 Å². The molecule has 2 N–H and O–H groups in total. The molecule has 0 aliphatic heterocycles. The summed E-state index contributed by atoms with van der Waals surface area (Å²) in [6.07, 6.45) is 8.51. The summed E-state index contributed by atoms with van der Waals surface area (Å²) in [6, 6.07) is 11.2. The van der Waals surface area contributed by atoms with Crippen LogP contribution in [0.2, 0.25) is 5.02 Å². The number of halogens is 2. The molecule has 1 amide bonds. The third-order valence-corrected chi connectivity index (χ3v) is 5.70. The number of carbonyl (C=O) groups is 1. The number of carbonyl (C=O) groups excluding carboxylic acids is 1. The highest BCUT2D eigenvalue weighted by Gasteiger charge is 2.20. The van der Waals surface area contributed by atoms with Crippen LogP contribution in [-0.2, 0) is 0 Å². The first-order valence-electron chi connectivity index (χ1n) is 10.7. The molecule has 0 spiro atoms. The fraction of sp³-hybridized carbons (Fsp3) is 0.130. The minimum atomic E-state index is -0.370. The lowest BCUT2D eigenvalue weighted by Gasteiger charge is -2.13. The number of fused-ring (bicyclic) bond motifs is 1. The molecule has 4 heterocycles. The zero-order valence-electron chi connectivity index (χ0n) is 18.3. The molecule has 1 aromatic carbocycles. The van der Waals surface area contributed by atoms with E-state index in [0.29, 0.717) is 46.8 Å².